The number of hydrogen-bond donors (Lipinski definition) is 2. The highest BCUT2D eigenvalue weighted by Gasteiger charge is 2.52. The second-order valence-corrected chi connectivity index (χ2v) is 8.49. The molecule has 29 heavy (non-hydrogen) atoms. The number of anilines is 1. The van der Waals surface area contributed by atoms with Gasteiger partial charge in [0.15, 0.2) is 5.60 Å². The first-order chi connectivity index (χ1) is 14.0. The summed E-state index contributed by atoms with van der Waals surface area (Å²) in [6, 6.07) is 20.6. The maximum Gasteiger partial charge on any atom is 0.268 e. The maximum absolute atomic E-state index is 13.6. The van der Waals surface area contributed by atoms with Crippen LogP contribution in [-0.2, 0) is 16.9 Å². The quantitative estimate of drug-likeness (QED) is 0.426. The summed E-state index contributed by atoms with van der Waals surface area (Å²) in [6.07, 6.45) is 1.72. The van der Waals surface area contributed by atoms with Crippen LogP contribution in [0.3, 0.4) is 0 Å². The first-order valence-corrected chi connectivity index (χ1v) is 10.3. The van der Waals surface area contributed by atoms with E-state index in [0.717, 1.165) is 20.9 Å². The van der Waals surface area contributed by atoms with Gasteiger partial charge in [0, 0.05) is 37.7 Å². The van der Waals surface area contributed by atoms with Crippen LogP contribution in [0.5, 0.6) is 0 Å². The van der Waals surface area contributed by atoms with Crippen LogP contribution < -0.4 is 4.90 Å². The largest absolute Gasteiger partial charge is 0.372 e. The standard InChI is InChI=1S/C23H16BrClN2O2/c24-15-7-10-21-18(11-15)23(29,19-12-26-20-4-2-1-3-17(19)20)22(28)27(21)13-14-5-8-16(25)9-6-14/h1-12,26,29H,13H2/t23-/m0/s1. The molecule has 0 saturated heterocycles. The lowest BCUT2D eigenvalue weighted by Gasteiger charge is -2.23. The van der Waals surface area contributed by atoms with Gasteiger partial charge in [-0.3, -0.25) is 4.79 Å². The Hall–Kier alpha value is -2.60. The van der Waals surface area contributed by atoms with Crippen molar-refractivity contribution in [3.63, 3.8) is 0 Å². The fraction of sp³-hybridized carbons (Fsp3) is 0.0870. The number of benzene rings is 3. The lowest BCUT2D eigenvalue weighted by Crippen LogP contribution is -2.40. The molecule has 0 aliphatic carbocycles. The van der Waals surface area contributed by atoms with Crippen LogP contribution in [0.4, 0.5) is 5.69 Å². The molecule has 4 nitrogen and oxygen atoms in total. The summed E-state index contributed by atoms with van der Waals surface area (Å²) in [6.45, 7) is 0.343. The molecule has 0 bridgehead atoms. The third-order valence-electron chi connectivity index (χ3n) is 5.43. The fourth-order valence-corrected chi connectivity index (χ4v) is 4.50. The summed E-state index contributed by atoms with van der Waals surface area (Å²) in [4.78, 5) is 18.4. The van der Waals surface area contributed by atoms with Gasteiger partial charge in [0.25, 0.3) is 5.91 Å². The van der Waals surface area contributed by atoms with Gasteiger partial charge in [-0.05, 0) is 42.0 Å². The van der Waals surface area contributed by atoms with E-state index in [4.69, 9.17) is 11.6 Å². The Morgan fingerprint density at radius 2 is 1.79 bits per heavy atom. The second-order valence-electron chi connectivity index (χ2n) is 7.14. The number of rotatable bonds is 3. The number of aromatic nitrogens is 1. The van der Waals surface area contributed by atoms with Crippen molar-refractivity contribution in [1.29, 1.82) is 0 Å². The van der Waals surface area contributed by atoms with Crippen molar-refractivity contribution in [2.24, 2.45) is 0 Å². The van der Waals surface area contributed by atoms with E-state index in [1.54, 1.807) is 23.2 Å². The number of aromatic amines is 1. The number of nitrogens with zero attached hydrogens (tertiary/aromatic N) is 1. The van der Waals surface area contributed by atoms with Gasteiger partial charge in [0.05, 0.1) is 12.2 Å². The van der Waals surface area contributed by atoms with Crippen molar-refractivity contribution in [3.05, 3.63) is 99.1 Å². The molecule has 144 valence electrons. The van der Waals surface area contributed by atoms with E-state index in [0.29, 0.717) is 28.4 Å². The smallest absolute Gasteiger partial charge is 0.268 e. The van der Waals surface area contributed by atoms with E-state index in [2.05, 4.69) is 20.9 Å². The lowest BCUT2D eigenvalue weighted by atomic mass is 9.87. The predicted molar refractivity (Wildman–Crippen MR) is 118 cm³/mol. The summed E-state index contributed by atoms with van der Waals surface area (Å²) in [5.41, 5.74) is 1.84. The zero-order chi connectivity index (χ0) is 20.2. The van der Waals surface area contributed by atoms with Crippen LogP contribution in [0.1, 0.15) is 16.7 Å². The highest BCUT2D eigenvalue weighted by atomic mass is 79.9. The van der Waals surface area contributed by atoms with E-state index < -0.39 is 5.60 Å². The summed E-state index contributed by atoms with van der Waals surface area (Å²) in [5.74, 6) is -0.370. The molecule has 2 heterocycles. The van der Waals surface area contributed by atoms with Crippen molar-refractivity contribution >= 4 is 50.0 Å². The molecule has 1 aliphatic rings. The second kappa shape index (κ2) is 6.73. The Bertz CT molecular complexity index is 1250. The first kappa shape index (κ1) is 18.4. The molecule has 0 fully saturated rings. The minimum Gasteiger partial charge on any atom is -0.372 e. The molecule has 0 unspecified atom stereocenters. The van der Waals surface area contributed by atoms with Gasteiger partial charge in [0.2, 0.25) is 0 Å². The molecule has 1 aliphatic heterocycles. The highest BCUT2D eigenvalue weighted by Crippen LogP contribution is 2.47. The number of hydrogen-bond acceptors (Lipinski definition) is 2. The highest BCUT2D eigenvalue weighted by molar-refractivity contribution is 9.10. The van der Waals surface area contributed by atoms with Crippen LogP contribution >= 0.6 is 27.5 Å². The normalized spacial score (nSPS) is 18.4. The molecule has 4 aromatic rings. The number of carbonyl (C=O) groups is 1. The number of aliphatic hydroxyl groups is 1. The summed E-state index contributed by atoms with van der Waals surface area (Å²) >= 11 is 9.48. The Kier molecular flexibility index (Phi) is 4.28. The minimum absolute atomic E-state index is 0.343. The third-order valence-corrected chi connectivity index (χ3v) is 6.17. The van der Waals surface area contributed by atoms with Crippen LogP contribution in [0.2, 0.25) is 5.02 Å². The molecule has 1 amide bonds. The molecule has 3 aromatic carbocycles. The third kappa shape index (κ3) is 2.81. The summed E-state index contributed by atoms with van der Waals surface area (Å²) in [7, 11) is 0. The van der Waals surface area contributed by atoms with Gasteiger partial charge in [0.1, 0.15) is 0 Å². The average molecular weight is 468 g/mol. The summed E-state index contributed by atoms with van der Waals surface area (Å²) in [5, 5.41) is 13.3. The van der Waals surface area contributed by atoms with Crippen LogP contribution in [0, 0.1) is 0 Å². The molecule has 6 heteroatoms. The number of halogens is 2. The molecule has 1 aromatic heterocycles. The van der Waals surface area contributed by atoms with Gasteiger partial charge in [-0.25, -0.2) is 0 Å². The molecule has 2 N–H and O–H groups in total. The Balaban J connectivity index is 1.68. The molecular formula is C23H16BrClN2O2. The average Bonchev–Trinajstić information content (AvgIpc) is 3.24. The molecule has 5 rings (SSSR count). The van der Waals surface area contributed by atoms with Crippen molar-refractivity contribution in [2.45, 2.75) is 12.1 Å². The fourth-order valence-electron chi connectivity index (χ4n) is 4.01. The van der Waals surface area contributed by atoms with Gasteiger partial charge in [-0.1, -0.05) is 57.9 Å². The zero-order valence-corrected chi connectivity index (χ0v) is 17.5. The Labute approximate surface area is 180 Å². The van der Waals surface area contributed by atoms with Crippen molar-refractivity contribution in [1.82, 2.24) is 4.98 Å². The molecule has 0 saturated carbocycles. The number of H-pyrrole nitrogens is 1. The lowest BCUT2D eigenvalue weighted by molar-refractivity contribution is -0.132. The maximum atomic E-state index is 13.6. The summed E-state index contributed by atoms with van der Waals surface area (Å²) < 4.78 is 0.802. The van der Waals surface area contributed by atoms with E-state index in [-0.39, 0.29) is 5.91 Å². The topological polar surface area (TPSA) is 56.3 Å². The van der Waals surface area contributed by atoms with E-state index >= 15 is 0 Å². The first-order valence-electron chi connectivity index (χ1n) is 9.14. The number of amides is 1. The van der Waals surface area contributed by atoms with Gasteiger partial charge in [-0.15, -0.1) is 0 Å². The van der Waals surface area contributed by atoms with Crippen LogP contribution in [0.25, 0.3) is 10.9 Å². The van der Waals surface area contributed by atoms with E-state index in [1.807, 2.05) is 54.6 Å². The number of carbonyl (C=O) groups excluding carboxylic acids is 1. The molecule has 0 spiro atoms. The van der Waals surface area contributed by atoms with Crippen molar-refractivity contribution in [2.75, 3.05) is 4.90 Å². The van der Waals surface area contributed by atoms with Gasteiger partial charge >= 0.3 is 0 Å². The number of nitrogens with one attached hydrogen (secondary N) is 1. The van der Waals surface area contributed by atoms with Crippen LogP contribution in [-0.4, -0.2) is 16.0 Å². The van der Waals surface area contributed by atoms with Gasteiger partial charge < -0.3 is 15.0 Å². The van der Waals surface area contributed by atoms with Gasteiger partial charge in [-0.2, -0.15) is 0 Å². The number of fused-ring (bicyclic) bond motifs is 2. The molecular weight excluding hydrogens is 452 g/mol. The molecule has 1 atom stereocenters. The SMILES string of the molecule is O=C1N(Cc2ccc(Cl)cc2)c2ccc(Br)cc2[C@]1(O)c1c[nH]c2ccccc12. The van der Waals surface area contributed by atoms with Crippen LogP contribution in [0.15, 0.2) is 77.4 Å². The van der Waals surface area contributed by atoms with Crippen molar-refractivity contribution < 1.29 is 9.90 Å². The predicted octanol–water partition coefficient (Wildman–Crippen LogP) is 5.37. The van der Waals surface area contributed by atoms with E-state index in [9.17, 15) is 9.90 Å². The monoisotopic (exact) mass is 466 g/mol. The Morgan fingerprint density at radius 3 is 2.59 bits per heavy atom. The number of para-hydroxylation sites is 1. The molecule has 0 radical (unpaired) electrons. The van der Waals surface area contributed by atoms with E-state index in [1.165, 1.54) is 0 Å². The van der Waals surface area contributed by atoms with Crippen molar-refractivity contribution in [3.8, 4) is 0 Å². The zero-order valence-electron chi connectivity index (χ0n) is 15.2. The Morgan fingerprint density at radius 1 is 1.03 bits per heavy atom. The minimum atomic E-state index is -1.77.